The number of carbonyl (C=O) groups is 1. The quantitative estimate of drug-likeness (QED) is 0.867. The average molecular weight is 331 g/mol. The van der Waals surface area contributed by atoms with Gasteiger partial charge in [-0.05, 0) is 44.2 Å². The van der Waals surface area contributed by atoms with Gasteiger partial charge in [-0.25, -0.2) is 0 Å². The topological polar surface area (TPSA) is 32.3 Å². The minimum atomic E-state index is -0.211. The SMILES string of the molecule is CC(NC(=O)C(C)N(C)Cc1ccc(Cl)cc1)c1ccccc1. The summed E-state index contributed by atoms with van der Waals surface area (Å²) < 4.78 is 0. The maximum absolute atomic E-state index is 12.4. The third kappa shape index (κ3) is 5.08. The summed E-state index contributed by atoms with van der Waals surface area (Å²) in [5.74, 6) is 0.0258. The number of nitrogens with one attached hydrogen (secondary N) is 1. The zero-order valence-electron chi connectivity index (χ0n) is 13.8. The Labute approximate surface area is 143 Å². The number of nitrogens with zero attached hydrogens (tertiary/aromatic N) is 1. The van der Waals surface area contributed by atoms with Crippen LogP contribution in [-0.4, -0.2) is 23.9 Å². The molecule has 1 amide bonds. The molecule has 0 aromatic heterocycles. The summed E-state index contributed by atoms with van der Waals surface area (Å²) >= 11 is 5.90. The van der Waals surface area contributed by atoms with Crippen molar-refractivity contribution in [2.45, 2.75) is 32.5 Å². The zero-order chi connectivity index (χ0) is 16.8. The molecule has 2 aromatic rings. The van der Waals surface area contributed by atoms with Gasteiger partial charge in [0.1, 0.15) is 0 Å². The molecule has 0 saturated carbocycles. The van der Waals surface area contributed by atoms with Gasteiger partial charge in [0.2, 0.25) is 5.91 Å². The second kappa shape index (κ2) is 8.14. The van der Waals surface area contributed by atoms with Crippen LogP contribution in [0.5, 0.6) is 0 Å². The largest absolute Gasteiger partial charge is 0.348 e. The lowest BCUT2D eigenvalue weighted by Crippen LogP contribution is -2.43. The van der Waals surface area contributed by atoms with Crippen molar-refractivity contribution in [2.24, 2.45) is 0 Å². The van der Waals surface area contributed by atoms with Crippen LogP contribution in [0.4, 0.5) is 0 Å². The highest BCUT2D eigenvalue weighted by Gasteiger charge is 2.20. The molecule has 2 aromatic carbocycles. The van der Waals surface area contributed by atoms with Crippen LogP contribution in [0.2, 0.25) is 5.02 Å². The third-order valence-corrected chi connectivity index (χ3v) is 4.30. The smallest absolute Gasteiger partial charge is 0.237 e. The van der Waals surface area contributed by atoms with Crippen molar-refractivity contribution in [1.29, 1.82) is 0 Å². The van der Waals surface area contributed by atoms with E-state index in [4.69, 9.17) is 11.6 Å². The molecule has 3 nitrogen and oxygen atoms in total. The normalized spacial score (nSPS) is 13.6. The van der Waals surface area contributed by atoms with E-state index in [9.17, 15) is 4.79 Å². The van der Waals surface area contributed by atoms with Crippen LogP contribution in [0.1, 0.15) is 31.0 Å². The monoisotopic (exact) mass is 330 g/mol. The van der Waals surface area contributed by atoms with E-state index in [0.717, 1.165) is 16.1 Å². The van der Waals surface area contributed by atoms with E-state index in [-0.39, 0.29) is 18.0 Å². The molecule has 0 aliphatic heterocycles. The number of halogens is 1. The first-order chi connectivity index (χ1) is 11.0. The molecule has 0 bridgehead atoms. The lowest BCUT2D eigenvalue weighted by atomic mass is 10.1. The van der Waals surface area contributed by atoms with Gasteiger partial charge in [-0.3, -0.25) is 9.69 Å². The fourth-order valence-electron chi connectivity index (χ4n) is 2.37. The van der Waals surface area contributed by atoms with Gasteiger partial charge in [-0.1, -0.05) is 54.1 Å². The summed E-state index contributed by atoms with van der Waals surface area (Å²) in [7, 11) is 1.95. The van der Waals surface area contributed by atoms with Crippen LogP contribution in [-0.2, 0) is 11.3 Å². The molecule has 2 atom stereocenters. The van der Waals surface area contributed by atoms with Crippen molar-refractivity contribution in [3.63, 3.8) is 0 Å². The fourth-order valence-corrected chi connectivity index (χ4v) is 2.50. The summed E-state index contributed by atoms with van der Waals surface area (Å²) in [6.45, 7) is 4.62. The van der Waals surface area contributed by atoms with Crippen LogP contribution in [0.25, 0.3) is 0 Å². The van der Waals surface area contributed by atoms with Crippen LogP contribution in [0, 0.1) is 0 Å². The molecule has 0 fully saturated rings. The average Bonchev–Trinajstić information content (AvgIpc) is 2.56. The second-order valence-corrected chi connectivity index (χ2v) is 6.29. The van der Waals surface area contributed by atoms with Gasteiger partial charge in [0, 0.05) is 11.6 Å². The molecule has 0 spiro atoms. The summed E-state index contributed by atoms with van der Waals surface area (Å²) in [6.07, 6.45) is 0. The lowest BCUT2D eigenvalue weighted by molar-refractivity contribution is -0.126. The molecule has 0 heterocycles. The summed E-state index contributed by atoms with van der Waals surface area (Å²) in [5, 5.41) is 3.79. The minimum absolute atomic E-state index is 0.00455. The Balaban J connectivity index is 1.92. The van der Waals surface area contributed by atoms with Crippen LogP contribution in [0.3, 0.4) is 0 Å². The number of hydrogen-bond acceptors (Lipinski definition) is 2. The first kappa shape index (κ1) is 17.5. The Hall–Kier alpha value is -1.84. The first-order valence-corrected chi connectivity index (χ1v) is 8.15. The highest BCUT2D eigenvalue weighted by atomic mass is 35.5. The lowest BCUT2D eigenvalue weighted by Gasteiger charge is -2.25. The van der Waals surface area contributed by atoms with Crippen molar-refractivity contribution in [3.05, 3.63) is 70.7 Å². The number of benzene rings is 2. The van der Waals surface area contributed by atoms with E-state index in [1.54, 1.807) is 0 Å². The third-order valence-electron chi connectivity index (χ3n) is 4.04. The maximum atomic E-state index is 12.4. The fraction of sp³-hybridized carbons (Fsp3) is 0.316. The van der Waals surface area contributed by atoms with Gasteiger partial charge in [-0.15, -0.1) is 0 Å². The Bertz CT molecular complexity index is 628. The Morgan fingerprint density at radius 3 is 2.30 bits per heavy atom. The molecule has 2 rings (SSSR count). The molecule has 0 aliphatic rings. The highest BCUT2D eigenvalue weighted by Crippen LogP contribution is 2.14. The zero-order valence-corrected chi connectivity index (χ0v) is 14.5. The van der Waals surface area contributed by atoms with E-state index in [1.165, 1.54) is 0 Å². The van der Waals surface area contributed by atoms with Crippen molar-refractivity contribution in [3.8, 4) is 0 Å². The van der Waals surface area contributed by atoms with E-state index in [0.29, 0.717) is 6.54 Å². The highest BCUT2D eigenvalue weighted by molar-refractivity contribution is 6.30. The number of hydrogen-bond donors (Lipinski definition) is 1. The van der Waals surface area contributed by atoms with Crippen molar-refractivity contribution >= 4 is 17.5 Å². The second-order valence-electron chi connectivity index (χ2n) is 5.86. The number of amides is 1. The Morgan fingerprint density at radius 1 is 1.09 bits per heavy atom. The van der Waals surface area contributed by atoms with Crippen LogP contribution < -0.4 is 5.32 Å². The van der Waals surface area contributed by atoms with Gasteiger partial charge in [-0.2, -0.15) is 0 Å². The number of carbonyl (C=O) groups excluding carboxylic acids is 1. The minimum Gasteiger partial charge on any atom is -0.348 e. The van der Waals surface area contributed by atoms with Gasteiger partial charge >= 0.3 is 0 Å². The number of rotatable bonds is 6. The Kier molecular flexibility index (Phi) is 6.20. The van der Waals surface area contributed by atoms with Crippen molar-refractivity contribution in [1.82, 2.24) is 10.2 Å². The molecule has 1 N–H and O–H groups in total. The van der Waals surface area contributed by atoms with Gasteiger partial charge < -0.3 is 5.32 Å². The van der Waals surface area contributed by atoms with E-state index in [1.807, 2.05) is 80.4 Å². The summed E-state index contributed by atoms with van der Waals surface area (Å²) in [6, 6.07) is 17.5. The number of likely N-dealkylation sites (N-methyl/N-ethyl adjacent to an activating group) is 1. The summed E-state index contributed by atoms with van der Waals surface area (Å²) in [5.41, 5.74) is 2.24. The van der Waals surface area contributed by atoms with Gasteiger partial charge in [0.05, 0.1) is 12.1 Å². The molecule has 4 heteroatoms. The standard InChI is InChI=1S/C19H23ClN2O/c1-14(17-7-5-4-6-8-17)21-19(23)15(2)22(3)13-16-9-11-18(20)12-10-16/h4-12,14-15H,13H2,1-3H3,(H,21,23). The molecule has 122 valence electrons. The van der Waals surface area contributed by atoms with Gasteiger partial charge in [0.25, 0.3) is 0 Å². The predicted octanol–water partition coefficient (Wildman–Crippen LogP) is 4.04. The van der Waals surface area contributed by atoms with E-state index in [2.05, 4.69) is 5.32 Å². The van der Waals surface area contributed by atoms with E-state index >= 15 is 0 Å². The summed E-state index contributed by atoms with van der Waals surface area (Å²) in [4.78, 5) is 14.5. The van der Waals surface area contributed by atoms with Crippen molar-refractivity contribution < 1.29 is 4.79 Å². The van der Waals surface area contributed by atoms with E-state index < -0.39 is 0 Å². The Morgan fingerprint density at radius 2 is 1.70 bits per heavy atom. The predicted molar refractivity (Wildman–Crippen MR) is 95.4 cm³/mol. The molecule has 0 saturated heterocycles. The molecule has 0 radical (unpaired) electrons. The molecule has 23 heavy (non-hydrogen) atoms. The molecular formula is C19H23ClN2O. The first-order valence-electron chi connectivity index (χ1n) is 7.77. The molecule has 2 unspecified atom stereocenters. The van der Waals surface area contributed by atoms with Crippen LogP contribution in [0.15, 0.2) is 54.6 Å². The van der Waals surface area contributed by atoms with Crippen LogP contribution >= 0.6 is 11.6 Å². The molecule has 0 aliphatic carbocycles. The van der Waals surface area contributed by atoms with Gasteiger partial charge in [0.15, 0.2) is 0 Å². The maximum Gasteiger partial charge on any atom is 0.237 e. The molecular weight excluding hydrogens is 308 g/mol. The van der Waals surface area contributed by atoms with Crippen molar-refractivity contribution in [2.75, 3.05) is 7.05 Å².